The maximum Gasteiger partial charge on any atom is 0.219 e. The molecule has 0 bridgehead atoms. The molecular weight excluding hydrogens is 414 g/mol. The number of benzene rings is 1. The molecular formula is C22H31N5O3S. The van der Waals surface area contributed by atoms with Gasteiger partial charge in [0.25, 0.3) is 0 Å². The van der Waals surface area contributed by atoms with Gasteiger partial charge in [0.15, 0.2) is 0 Å². The van der Waals surface area contributed by atoms with Gasteiger partial charge in [0.2, 0.25) is 15.9 Å². The zero-order valence-electron chi connectivity index (χ0n) is 18.7. The fourth-order valence-electron chi connectivity index (χ4n) is 3.68. The third kappa shape index (κ3) is 5.80. The van der Waals surface area contributed by atoms with Gasteiger partial charge in [-0.15, -0.1) is 0 Å². The zero-order chi connectivity index (χ0) is 22.6. The van der Waals surface area contributed by atoms with Crippen molar-refractivity contribution >= 4 is 21.7 Å². The molecule has 9 heteroatoms. The second-order valence-corrected chi connectivity index (χ2v) is 10.1. The van der Waals surface area contributed by atoms with Crippen LogP contribution in [0.3, 0.4) is 0 Å². The summed E-state index contributed by atoms with van der Waals surface area (Å²) in [4.78, 5) is 24.5. The first-order chi connectivity index (χ1) is 14.7. The maximum absolute atomic E-state index is 13.3. The Morgan fingerprint density at radius 1 is 1.13 bits per heavy atom. The smallest absolute Gasteiger partial charge is 0.219 e. The Balaban J connectivity index is 1.96. The Bertz CT molecular complexity index is 1010. The van der Waals surface area contributed by atoms with E-state index in [2.05, 4.69) is 4.98 Å². The lowest BCUT2D eigenvalue weighted by Gasteiger charge is -2.34. The summed E-state index contributed by atoms with van der Waals surface area (Å²) in [6.45, 7) is 2.31. The Labute approximate surface area is 185 Å². The molecule has 1 fully saturated rings. The molecule has 1 aromatic heterocycles. The second-order valence-electron chi connectivity index (χ2n) is 8.21. The van der Waals surface area contributed by atoms with Crippen LogP contribution in [0.25, 0.3) is 0 Å². The highest BCUT2D eigenvalue weighted by Gasteiger charge is 2.35. The number of aromatic nitrogens is 2. The lowest BCUT2D eigenvalue weighted by atomic mass is 10.0. The van der Waals surface area contributed by atoms with Crippen molar-refractivity contribution in [3.63, 3.8) is 0 Å². The molecule has 0 saturated carbocycles. The van der Waals surface area contributed by atoms with Crippen molar-refractivity contribution < 1.29 is 13.2 Å². The Hall–Kier alpha value is -2.52. The van der Waals surface area contributed by atoms with Gasteiger partial charge < -0.3 is 9.80 Å². The van der Waals surface area contributed by atoms with E-state index in [1.807, 2.05) is 55.4 Å². The fourth-order valence-corrected chi connectivity index (χ4v) is 5.45. The van der Waals surface area contributed by atoms with Crippen molar-refractivity contribution in [2.24, 2.45) is 0 Å². The van der Waals surface area contributed by atoms with E-state index < -0.39 is 16.1 Å². The highest BCUT2D eigenvalue weighted by molar-refractivity contribution is 7.88. The number of hydrogen-bond donors (Lipinski definition) is 0. The average Bonchev–Trinajstić information content (AvgIpc) is 2.73. The first kappa shape index (κ1) is 23.1. The van der Waals surface area contributed by atoms with Crippen LogP contribution < -0.4 is 4.90 Å². The van der Waals surface area contributed by atoms with Gasteiger partial charge >= 0.3 is 0 Å². The highest BCUT2D eigenvalue weighted by atomic mass is 32.2. The molecule has 1 aliphatic heterocycles. The van der Waals surface area contributed by atoms with Gasteiger partial charge in [-0.05, 0) is 18.4 Å². The number of rotatable bonds is 7. The van der Waals surface area contributed by atoms with E-state index in [0.717, 1.165) is 18.4 Å². The number of piperidine rings is 1. The monoisotopic (exact) mass is 445 g/mol. The minimum atomic E-state index is -3.54. The zero-order valence-corrected chi connectivity index (χ0v) is 19.5. The van der Waals surface area contributed by atoms with Crippen LogP contribution in [0.4, 0.5) is 5.82 Å². The predicted octanol–water partition coefficient (Wildman–Crippen LogP) is 2.58. The van der Waals surface area contributed by atoms with E-state index in [9.17, 15) is 13.2 Å². The van der Waals surface area contributed by atoms with Crippen molar-refractivity contribution in [1.29, 1.82) is 0 Å². The molecule has 3 rings (SSSR count). The molecule has 2 heterocycles. The Morgan fingerprint density at radius 2 is 1.84 bits per heavy atom. The summed E-state index contributed by atoms with van der Waals surface area (Å²) in [5.41, 5.74) is 1.45. The molecule has 0 N–H and O–H groups in total. The molecule has 168 valence electrons. The van der Waals surface area contributed by atoms with Crippen LogP contribution in [0.1, 0.15) is 49.3 Å². The van der Waals surface area contributed by atoms with Crippen LogP contribution >= 0.6 is 0 Å². The van der Waals surface area contributed by atoms with Gasteiger partial charge in [-0.25, -0.2) is 18.4 Å². The quantitative estimate of drug-likeness (QED) is 0.651. The van der Waals surface area contributed by atoms with Crippen LogP contribution in [0.15, 0.2) is 36.4 Å². The van der Waals surface area contributed by atoms with E-state index in [1.165, 1.54) is 6.92 Å². The molecule has 2 aromatic rings. The second kappa shape index (κ2) is 9.74. The first-order valence-corrected chi connectivity index (χ1v) is 12.1. The highest BCUT2D eigenvalue weighted by Crippen LogP contribution is 2.33. The van der Waals surface area contributed by atoms with Crippen LogP contribution in [0.2, 0.25) is 0 Å². The van der Waals surface area contributed by atoms with Gasteiger partial charge in [0.1, 0.15) is 11.6 Å². The molecule has 1 aromatic carbocycles. The summed E-state index contributed by atoms with van der Waals surface area (Å²) in [5.74, 6) is 1.09. The van der Waals surface area contributed by atoms with Gasteiger partial charge in [0, 0.05) is 40.7 Å². The van der Waals surface area contributed by atoms with Crippen LogP contribution in [-0.4, -0.2) is 61.2 Å². The van der Waals surface area contributed by atoms with E-state index in [1.54, 1.807) is 16.3 Å². The van der Waals surface area contributed by atoms with Gasteiger partial charge in [-0.3, -0.25) is 4.79 Å². The summed E-state index contributed by atoms with van der Waals surface area (Å²) in [6.07, 6.45) is 2.41. The minimum absolute atomic E-state index is 0.0440. The largest absolute Gasteiger partial charge is 0.363 e. The first-order valence-electron chi connectivity index (χ1n) is 10.5. The van der Waals surface area contributed by atoms with Crippen LogP contribution in [0, 0.1) is 0 Å². The molecule has 1 saturated heterocycles. The van der Waals surface area contributed by atoms with E-state index in [-0.39, 0.29) is 11.7 Å². The molecule has 8 nitrogen and oxygen atoms in total. The molecule has 0 aliphatic carbocycles. The maximum atomic E-state index is 13.3. The number of anilines is 1. The normalized spacial score (nSPS) is 17.4. The van der Waals surface area contributed by atoms with Crippen molar-refractivity contribution in [1.82, 2.24) is 19.2 Å². The van der Waals surface area contributed by atoms with Gasteiger partial charge in [-0.2, -0.15) is 4.31 Å². The summed E-state index contributed by atoms with van der Waals surface area (Å²) < 4.78 is 28.2. The number of amides is 1. The van der Waals surface area contributed by atoms with E-state index in [0.29, 0.717) is 36.8 Å². The average molecular weight is 446 g/mol. The number of carbonyl (C=O) groups is 1. The van der Waals surface area contributed by atoms with Crippen molar-refractivity contribution in [2.75, 3.05) is 32.6 Å². The minimum Gasteiger partial charge on any atom is -0.363 e. The van der Waals surface area contributed by atoms with Crippen molar-refractivity contribution in [3.05, 3.63) is 53.5 Å². The lowest BCUT2D eigenvalue weighted by molar-refractivity contribution is -0.128. The third-order valence-corrected chi connectivity index (χ3v) is 7.33. The molecule has 1 atom stereocenters. The van der Waals surface area contributed by atoms with E-state index >= 15 is 0 Å². The summed E-state index contributed by atoms with van der Waals surface area (Å²) in [7, 11) is 1.95. The topological polar surface area (TPSA) is 86.7 Å². The number of hydrogen-bond acceptors (Lipinski definition) is 6. The predicted molar refractivity (Wildman–Crippen MR) is 121 cm³/mol. The molecule has 31 heavy (non-hydrogen) atoms. The summed E-state index contributed by atoms with van der Waals surface area (Å²) >= 11 is 0. The summed E-state index contributed by atoms with van der Waals surface area (Å²) in [6, 6.07) is 10.7. The van der Waals surface area contributed by atoms with Crippen LogP contribution in [-0.2, 0) is 27.1 Å². The summed E-state index contributed by atoms with van der Waals surface area (Å²) in [5, 5.41) is 0. The Morgan fingerprint density at radius 3 is 2.48 bits per heavy atom. The molecule has 0 radical (unpaired) electrons. The Kier molecular flexibility index (Phi) is 7.27. The third-order valence-electron chi connectivity index (χ3n) is 5.48. The SMILES string of the molecule is CC(=O)N(C)Cc1cc(N(C)C)nc([C@@H]2CCCCN2S(=O)(=O)Cc2ccccc2)n1. The number of carbonyl (C=O) groups excluding carboxylic acids is 1. The molecule has 1 amide bonds. The van der Waals surface area contributed by atoms with E-state index in [4.69, 9.17) is 4.98 Å². The van der Waals surface area contributed by atoms with Crippen molar-refractivity contribution in [2.45, 2.75) is 44.5 Å². The standard InChI is InChI=1S/C22H31N5O3S/c1-17(28)26(4)15-19-14-21(25(2)3)24-22(23-19)20-12-8-9-13-27(20)31(29,30)16-18-10-6-5-7-11-18/h5-7,10-11,14,20H,8-9,12-13,15-16H2,1-4H3/t20-/m0/s1. The number of sulfonamides is 1. The number of nitrogens with zero attached hydrogens (tertiary/aromatic N) is 5. The fraction of sp³-hybridized carbons (Fsp3) is 0.500. The molecule has 0 spiro atoms. The molecule has 1 aliphatic rings. The van der Waals surface area contributed by atoms with Gasteiger partial charge in [-0.1, -0.05) is 36.8 Å². The lowest BCUT2D eigenvalue weighted by Crippen LogP contribution is -2.40. The molecule has 0 unspecified atom stereocenters. The van der Waals surface area contributed by atoms with Gasteiger partial charge in [0.05, 0.1) is 24.0 Å². The van der Waals surface area contributed by atoms with Crippen LogP contribution in [0.5, 0.6) is 0 Å². The van der Waals surface area contributed by atoms with Crippen molar-refractivity contribution in [3.8, 4) is 0 Å².